The molecule has 1 aliphatic rings. The summed E-state index contributed by atoms with van der Waals surface area (Å²) in [6.45, 7) is 0.715. The molecule has 0 bridgehead atoms. The number of nitrogens with zero attached hydrogens (tertiary/aromatic N) is 2. The van der Waals surface area contributed by atoms with E-state index in [0.29, 0.717) is 18.1 Å². The van der Waals surface area contributed by atoms with Gasteiger partial charge in [0.25, 0.3) is 0 Å². The highest BCUT2D eigenvalue weighted by Gasteiger charge is 2.20. The lowest BCUT2D eigenvalue weighted by molar-refractivity contribution is 0.291. The Labute approximate surface area is 83.3 Å². The van der Waals surface area contributed by atoms with E-state index >= 15 is 0 Å². The van der Waals surface area contributed by atoms with Crippen molar-refractivity contribution >= 4 is 0 Å². The van der Waals surface area contributed by atoms with Crippen LogP contribution in [0.15, 0.2) is 18.3 Å². The van der Waals surface area contributed by atoms with Gasteiger partial charge >= 0.3 is 0 Å². The van der Waals surface area contributed by atoms with Gasteiger partial charge in [-0.15, -0.1) is 0 Å². The second-order valence-electron chi connectivity index (χ2n) is 3.58. The number of nitriles is 1. The van der Waals surface area contributed by atoms with Crippen LogP contribution in [0.3, 0.4) is 0 Å². The molecule has 0 unspecified atom stereocenters. The van der Waals surface area contributed by atoms with Gasteiger partial charge in [-0.25, -0.2) is 4.98 Å². The second kappa shape index (κ2) is 4.10. The Kier molecular flexibility index (Phi) is 2.64. The standard InChI is InChI=1S/C11H12N2O/c12-8-10-3-5-13-11(7-10)14-6-4-9-1-2-9/h3,5,7,9H,1-2,4,6H2. The molecule has 1 fully saturated rings. The Balaban J connectivity index is 1.85. The molecule has 0 spiro atoms. The number of hydrogen-bond acceptors (Lipinski definition) is 3. The molecular formula is C11H12N2O. The first-order chi connectivity index (χ1) is 6.88. The lowest BCUT2D eigenvalue weighted by Gasteiger charge is -2.03. The summed E-state index contributed by atoms with van der Waals surface area (Å²) < 4.78 is 5.44. The van der Waals surface area contributed by atoms with Crippen molar-refractivity contribution < 1.29 is 4.74 Å². The predicted molar refractivity (Wildman–Crippen MR) is 51.8 cm³/mol. The number of ether oxygens (including phenoxy) is 1. The highest BCUT2D eigenvalue weighted by Crippen LogP contribution is 2.32. The lowest BCUT2D eigenvalue weighted by Crippen LogP contribution is -1.99. The Morgan fingerprint density at radius 3 is 3.14 bits per heavy atom. The monoisotopic (exact) mass is 188 g/mol. The Hall–Kier alpha value is -1.56. The first-order valence-corrected chi connectivity index (χ1v) is 4.87. The SMILES string of the molecule is N#Cc1ccnc(OCCC2CC2)c1. The summed E-state index contributed by atoms with van der Waals surface area (Å²) in [5.74, 6) is 1.43. The molecule has 1 aromatic rings. The van der Waals surface area contributed by atoms with Gasteiger partial charge in [0, 0.05) is 12.3 Å². The molecule has 3 nitrogen and oxygen atoms in total. The van der Waals surface area contributed by atoms with Crippen molar-refractivity contribution in [2.75, 3.05) is 6.61 Å². The number of hydrogen-bond donors (Lipinski definition) is 0. The van der Waals surface area contributed by atoms with Crippen LogP contribution in [0.1, 0.15) is 24.8 Å². The van der Waals surface area contributed by atoms with Crippen LogP contribution in [-0.2, 0) is 0 Å². The van der Waals surface area contributed by atoms with E-state index in [9.17, 15) is 0 Å². The first kappa shape index (κ1) is 9.01. The summed E-state index contributed by atoms with van der Waals surface area (Å²) in [6.07, 6.45) is 5.40. The van der Waals surface area contributed by atoms with E-state index in [2.05, 4.69) is 11.1 Å². The molecule has 14 heavy (non-hydrogen) atoms. The van der Waals surface area contributed by atoms with E-state index in [-0.39, 0.29) is 0 Å². The van der Waals surface area contributed by atoms with Gasteiger partial charge in [0.1, 0.15) is 0 Å². The van der Waals surface area contributed by atoms with Crippen molar-refractivity contribution in [1.82, 2.24) is 4.98 Å². The fraction of sp³-hybridized carbons (Fsp3) is 0.455. The number of pyridine rings is 1. The molecule has 1 aromatic heterocycles. The van der Waals surface area contributed by atoms with Gasteiger partial charge in [-0.1, -0.05) is 12.8 Å². The van der Waals surface area contributed by atoms with Crippen LogP contribution in [0.25, 0.3) is 0 Å². The third-order valence-corrected chi connectivity index (χ3v) is 2.34. The summed E-state index contributed by atoms with van der Waals surface area (Å²) in [5.41, 5.74) is 0.599. The number of aromatic nitrogens is 1. The van der Waals surface area contributed by atoms with E-state index in [1.54, 1.807) is 18.3 Å². The fourth-order valence-electron chi connectivity index (χ4n) is 1.29. The van der Waals surface area contributed by atoms with E-state index in [4.69, 9.17) is 10.00 Å². The highest BCUT2D eigenvalue weighted by molar-refractivity contribution is 5.31. The Morgan fingerprint density at radius 2 is 2.43 bits per heavy atom. The largest absolute Gasteiger partial charge is 0.478 e. The van der Waals surface area contributed by atoms with Crippen LogP contribution in [-0.4, -0.2) is 11.6 Å². The van der Waals surface area contributed by atoms with Crippen molar-refractivity contribution in [1.29, 1.82) is 5.26 Å². The minimum absolute atomic E-state index is 0.560. The average molecular weight is 188 g/mol. The molecule has 0 aromatic carbocycles. The van der Waals surface area contributed by atoms with E-state index in [1.165, 1.54) is 12.8 Å². The molecule has 0 atom stereocenters. The molecule has 0 aliphatic heterocycles. The van der Waals surface area contributed by atoms with Gasteiger partial charge in [-0.2, -0.15) is 5.26 Å². The van der Waals surface area contributed by atoms with Crippen LogP contribution in [0, 0.1) is 17.2 Å². The van der Waals surface area contributed by atoms with Crippen molar-refractivity contribution in [3.8, 4) is 11.9 Å². The molecule has 1 heterocycles. The third-order valence-electron chi connectivity index (χ3n) is 2.34. The van der Waals surface area contributed by atoms with E-state index < -0.39 is 0 Å². The van der Waals surface area contributed by atoms with Gasteiger partial charge < -0.3 is 4.74 Å². The van der Waals surface area contributed by atoms with Crippen molar-refractivity contribution in [3.05, 3.63) is 23.9 Å². The molecule has 1 aliphatic carbocycles. The molecule has 1 saturated carbocycles. The van der Waals surface area contributed by atoms with E-state index in [1.807, 2.05) is 0 Å². The zero-order valence-electron chi connectivity index (χ0n) is 7.94. The first-order valence-electron chi connectivity index (χ1n) is 4.87. The Bertz CT molecular complexity index is 353. The lowest BCUT2D eigenvalue weighted by atomic mass is 10.3. The van der Waals surface area contributed by atoms with Gasteiger partial charge in [0.2, 0.25) is 5.88 Å². The third kappa shape index (κ3) is 2.46. The minimum Gasteiger partial charge on any atom is -0.478 e. The van der Waals surface area contributed by atoms with Gasteiger partial charge in [0.15, 0.2) is 0 Å². The van der Waals surface area contributed by atoms with Crippen molar-refractivity contribution in [2.24, 2.45) is 5.92 Å². The highest BCUT2D eigenvalue weighted by atomic mass is 16.5. The van der Waals surface area contributed by atoms with Crippen LogP contribution >= 0.6 is 0 Å². The molecular weight excluding hydrogens is 176 g/mol. The molecule has 0 N–H and O–H groups in total. The summed E-state index contributed by atoms with van der Waals surface area (Å²) in [5, 5.41) is 8.65. The Morgan fingerprint density at radius 1 is 1.57 bits per heavy atom. The zero-order chi connectivity index (χ0) is 9.80. The topological polar surface area (TPSA) is 45.9 Å². The maximum atomic E-state index is 8.65. The van der Waals surface area contributed by atoms with Gasteiger partial charge in [-0.05, 0) is 18.4 Å². The van der Waals surface area contributed by atoms with Gasteiger partial charge in [0.05, 0.1) is 18.2 Å². The molecule has 2 rings (SSSR count). The summed E-state index contributed by atoms with van der Waals surface area (Å²) in [7, 11) is 0. The molecule has 3 heteroatoms. The minimum atomic E-state index is 0.560. The average Bonchev–Trinajstić information content (AvgIpc) is 3.02. The van der Waals surface area contributed by atoms with Crippen LogP contribution in [0.4, 0.5) is 0 Å². The maximum absolute atomic E-state index is 8.65. The second-order valence-corrected chi connectivity index (χ2v) is 3.58. The fourth-order valence-corrected chi connectivity index (χ4v) is 1.29. The van der Waals surface area contributed by atoms with Crippen molar-refractivity contribution in [3.63, 3.8) is 0 Å². The summed E-state index contributed by atoms with van der Waals surface area (Å²) in [4.78, 5) is 4.03. The van der Waals surface area contributed by atoms with E-state index in [0.717, 1.165) is 12.3 Å². The molecule has 0 saturated heterocycles. The normalized spacial score (nSPS) is 14.8. The zero-order valence-corrected chi connectivity index (χ0v) is 7.94. The quantitative estimate of drug-likeness (QED) is 0.727. The maximum Gasteiger partial charge on any atom is 0.214 e. The predicted octanol–water partition coefficient (Wildman–Crippen LogP) is 2.13. The smallest absolute Gasteiger partial charge is 0.214 e. The van der Waals surface area contributed by atoms with Crippen molar-refractivity contribution in [2.45, 2.75) is 19.3 Å². The van der Waals surface area contributed by atoms with Crippen LogP contribution < -0.4 is 4.74 Å². The van der Waals surface area contributed by atoms with Gasteiger partial charge in [-0.3, -0.25) is 0 Å². The summed E-state index contributed by atoms with van der Waals surface area (Å²) >= 11 is 0. The van der Waals surface area contributed by atoms with Crippen LogP contribution in [0.2, 0.25) is 0 Å². The summed E-state index contributed by atoms with van der Waals surface area (Å²) in [6, 6.07) is 5.41. The molecule has 0 amide bonds. The number of rotatable bonds is 4. The molecule has 72 valence electrons. The van der Waals surface area contributed by atoms with Crippen LogP contribution in [0.5, 0.6) is 5.88 Å². The molecule has 0 radical (unpaired) electrons.